The van der Waals surface area contributed by atoms with Gasteiger partial charge < -0.3 is 9.63 Å². The van der Waals surface area contributed by atoms with Crippen LogP contribution in [0.15, 0.2) is 40.9 Å². The van der Waals surface area contributed by atoms with E-state index in [2.05, 4.69) is 17.0 Å². The maximum Gasteiger partial charge on any atom is 0.151 e. The topological polar surface area (TPSA) is 49.5 Å². The van der Waals surface area contributed by atoms with E-state index in [1.54, 1.807) is 0 Å². The van der Waals surface area contributed by atoms with Crippen molar-refractivity contribution in [2.24, 2.45) is 5.92 Å². The molecule has 1 aromatic carbocycles. The Balaban J connectivity index is 1.66. The molecule has 2 heterocycles. The Morgan fingerprint density at radius 3 is 2.90 bits per heavy atom. The minimum atomic E-state index is -0.236. The second-order valence-electron chi connectivity index (χ2n) is 5.61. The number of likely N-dealkylation sites (tertiary alicyclic amines) is 1. The van der Waals surface area contributed by atoms with Gasteiger partial charge in [-0.3, -0.25) is 4.90 Å². The summed E-state index contributed by atoms with van der Waals surface area (Å²) in [5, 5.41) is 14.0. The third-order valence-electron chi connectivity index (χ3n) is 4.01. The monoisotopic (exact) mass is 272 g/mol. The summed E-state index contributed by atoms with van der Waals surface area (Å²) in [7, 11) is 0. The van der Waals surface area contributed by atoms with Crippen LogP contribution in [0.25, 0.3) is 11.3 Å². The summed E-state index contributed by atoms with van der Waals surface area (Å²) in [5.41, 5.74) is 1.93. The SMILES string of the molecule is CC1CCN(Cc2cc(-c3ccccc3)no2)CC1O. The third kappa shape index (κ3) is 2.92. The summed E-state index contributed by atoms with van der Waals surface area (Å²) in [6.45, 7) is 4.52. The fraction of sp³-hybridized carbons (Fsp3) is 0.438. The third-order valence-corrected chi connectivity index (χ3v) is 4.01. The lowest BCUT2D eigenvalue weighted by molar-refractivity contribution is 0.0227. The molecule has 0 radical (unpaired) electrons. The number of aromatic nitrogens is 1. The average Bonchev–Trinajstić information content (AvgIpc) is 2.92. The van der Waals surface area contributed by atoms with Gasteiger partial charge in [0.2, 0.25) is 0 Å². The van der Waals surface area contributed by atoms with Crippen LogP contribution in [0.1, 0.15) is 19.1 Å². The van der Waals surface area contributed by atoms with E-state index >= 15 is 0 Å². The van der Waals surface area contributed by atoms with Crippen LogP contribution in [0.4, 0.5) is 0 Å². The molecule has 0 spiro atoms. The van der Waals surface area contributed by atoms with Crippen molar-refractivity contribution >= 4 is 0 Å². The fourth-order valence-electron chi connectivity index (χ4n) is 2.61. The molecule has 106 valence electrons. The summed E-state index contributed by atoms with van der Waals surface area (Å²) in [4.78, 5) is 2.22. The van der Waals surface area contributed by atoms with Crippen LogP contribution in [0.5, 0.6) is 0 Å². The summed E-state index contributed by atoms with van der Waals surface area (Å²) in [6.07, 6.45) is 0.793. The Hall–Kier alpha value is -1.65. The van der Waals surface area contributed by atoms with Crippen molar-refractivity contribution in [2.45, 2.75) is 26.0 Å². The van der Waals surface area contributed by atoms with E-state index in [1.807, 2.05) is 36.4 Å². The molecule has 3 rings (SSSR count). The number of nitrogens with zero attached hydrogens (tertiary/aromatic N) is 2. The average molecular weight is 272 g/mol. The Labute approximate surface area is 119 Å². The van der Waals surface area contributed by atoms with E-state index in [1.165, 1.54) is 0 Å². The lowest BCUT2D eigenvalue weighted by Crippen LogP contribution is -2.42. The Kier molecular flexibility index (Phi) is 3.85. The number of aliphatic hydroxyl groups is 1. The maximum absolute atomic E-state index is 9.92. The zero-order valence-corrected chi connectivity index (χ0v) is 11.7. The van der Waals surface area contributed by atoms with Crippen molar-refractivity contribution in [3.63, 3.8) is 0 Å². The van der Waals surface area contributed by atoms with E-state index in [9.17, 15) is 5.11 Å². The van der Waals surface area contributed by atoms with Gasteiger partial charge in [-0.2, -0.15) is 0 Å². The fourth-order valence-corrected chi connectivity index (χ4v) is 2.61. The molecule has 1 aliphatic rings. The van der Waals surface area contributed by atoms with Crippen LogP contribution < -0.4 is 0 Å². The zero-order valence-electron chi connectivity index (χ0n) is 11.7. The van der Waals surface area contributed by atoms with Gasteiger partial charge >= 0.3 is 0 Å². The molecule has 2 aromatic rings. The molecule has 1 saturated heterocycles. The van der Waals surface area contributed by atoms with Gasteiger partial charge in [0.15, 0.2) is 5.76 Å². The van der Waals surface area contributed by atoms with Crippen molar-refractivity contribution in [2.75, 3.05) is 13.1 Å². The molecule has 2 unspecified atom stereocenters. The van der Waals surface area contributed by atoms with Crippen LogP contribution >= 0.6 is 0 Å². The Bertz CT molecular complexity index is 553. The number of piperidine rings is 1. The molecule has 1 aliphatic heterocycles. The highest BCUT2D eigenvalue weighted by atomic mass is 16.5. The first-order valence-corrected chi connectivity index (χ1v) is 7.14. The maximum atomic E-state index is 9.92. The number of benzene rings is 1. The summed E-state index contributed by atoms with van der Waals surface area (Å²) in [6, 6.07) is 12.0. The second kappa shape index (κ2) is 5.77. The lowest BCUT2D eigenvalue weighted by Gasteiger charge is -2.33. The van der Waals surface area contributed by atoms with Crippen molar-refractivity contribution in [3.05, 3.63) is 42.2 Å². The van der Waals surface area contributed by atoms with Crippen LogP contribution in [-0.4, -0.2) is 34.4 Å². The molecule has 1 aromatic heterocycles. The zero-order chi connectivity index (χ0) is 13.9. The van der Waals surface area contributed by atoms with Gasteiger partial charge in [0.05, 0.1) is 12.6 Å². The van der Waals surface area contributed by atoms with Gasteiger partial charge in [-0.15, -0.1) is 0 Å². The van der Waals surface area contributed by atoms with Gasteiger partial charge in [0.25, 0.3) is 0 Å². The van der Waals surface area contributed by atoms with Gasteiger partial charge in [-0.25, -0.2) is 0 Å². The highest BCUT2D eigenvalue weighted by molar-refractivity contribution is 5.58. The molecule has 2 atom stereocenters. The van der Waals surface area contributed by atoms with Crippen LogP contribution in [0, 0.1) is 5.92 Å². The first-order chi connectivity index (χ1) is 9.72. The molecule has 4 heteroatoms. The summed E-state index contributed by atoms with van der Waals surface area (Å²) in [5.74, 6) is 1.24. The molecule has 0 saturated carbocycles. The van der Waals surface area contributed by atoms with E-state index in [-0.39, 0.29) is 6.10 Å². The number of β-amino-alcohol motifs (C(OH)–C–C–N with tert-alkyl or cyclic N) is 1. The predicted molar refractivity (Wildman–Crippen MR) is 77.0 cm³/mol. The number of aliphatic hydroxyl groups excluding tert-OH is 1. The predicted octanol–water partition coefficient (Wildman–Crippen LogP) is 2.54. The molecule has 20 heavy (non-hydrogen) atoms. The molecular weight excluding hydrogens is 252 g/mol. The Morgan fingerprint density at radius 2 is 2.15 bits per heavy atom. The van der Waals surface area contributed by atoms with Crippen molar-refractivity contribution < 1.29 is 9.63 Å². The van der Waals surface area contributed by atoms with E-state index in [0.717, 1.165) is 30.0 Å². The highest BCUT2D eigenvalue weighted by Gasteiger charge is 2.24. The number of hydrogen-bond donors (Lipinski definition) is 1. The summed E-state index contributed by atoms with van der Waals surface area (Å²) < 4.78 is 5.41. The Morgan fingerprint density at radius 1 is 1.35 bits per heavy atom. The molecule has 1 N–H and O–H groups in total. The van der Waals surface area contributed by atoms with Crippen molar-refractivity contribution in [1.29, 1.82) is 0 Å². The molecule has 4 nitrogen and oxygen atoms in total. The van der Waals surface area contributed by atoms with Gasteiger partial charge in [0.1, 0.15) is 5.69 Å². The van der Waals surface area contributed by atoms with Gasteiger partial charge in [-0.05, 0) is 18.9 Å². The normalized spacial score (nSPS) is 23.9. The van der Waals surface area contributed by atoms with Crippen LogP contribution in [-0.2, 0) is 6.54 Å². The molecule has 0 amide bonds. The smallest absolute Gasteiger partial charge is 0.151 e. The summed E-state index contributed by atoms with van der Waals surface area (Å²) >= 11 is 0. The molecular formula is C16H20N2O2. The molecule has 0 bridgehead atoms. The van der Waals surface area contributed by atoms with Gasteiger partial charge in [-0.1, -0.05) is 42.4 Å². The van der Waals surface area contributed by atoms with E-state index in [0.29, 0.717) is 19.0 Å². The number of hydrogen-bond acceptors (Lipinski definition) is 4. The van der Waals surface area contributed by atoms with Crippen molar-refractivity contribution in [3.8, 4) is 11.3 Å². The van der Waals surface area contributed by atoms with Gasteiger partial charge in [0, 0.05) is 18.2 Å². The van der Waals surface area contributed by atoms with E-state index in [4.69, 9.17) is 4.52 Å². The van der Waals surface area contributed by atoms with Crippen molar-refractivity contribution in [1.82, 2.24) is 10.1 Å². The quantitative estimate of drug-likeness (QED) is 0.933. The van der Waals surface area contributed by atoms with E-state index < -0.39 is 0 Å². The minimum Gasteiger partial charge on any atom is -0.392 e. The van der Waals surface area contributed by atoms with Crippen LogP contribution in [0.3, 0.4) is 0 Å². The van der Waals surface area contributed by atoms with Crippen LogP contribution in [0.2, 0.25) is 0 Å². The standard InChI is InChI=1S/C16H20N2O2/c1-12-7-8-18(11-16(12)19)10-14-9-15(17-20-14)13-5-3-2-4-6-13/h2-6,9,12,16,19H,7-8,10-11H2,1H3. The first-order valence-electron chi connectivity index (χ1n) is 7.14. The molecule has 0 aliphatic carbocycles. The molecule has 1 fully saturated rings. The number of rotatable bonds is 3. The largest absolute Gasteiger partial charge is 0.392 e. The minimum absolute atomic E-state index is 0.236. The lowest BCUT2D eigenvalue weighted by atomic mass is 9.96. The first kappa shape index (κ1) is 13.3. The second-order valence-corrected chi connectivity index (χ2v) is 5.61. The highest BCUT2D eigenvalue weighted by Crippen LogP contribution is 2.22.